The molecule has 0 amide bonds. The van der Waals surface area contributed by atoms with Gasteiger partial charge in [0.1, 0.15) is 11.9 Å². The second-order valence-corrected chi connectivity index (χ2v) is 10.1. The molecule has 13 heteroatoms. The first kappa shape index (κ1) is 27.7. The molecule has 2 aliphatic rings. The number of aromatic nitrogens is 1. The summed E-state index contributed by atoms with van der Waals surface area (Å²) in [4.78, 5) is 42.6. The van der Waals surface area contributed by atoms with Gasteiger partial charge < -0.3 is 10.7 Å². The number of hydrogen-bond acceptors (Lipinski definition) is 10. The third kappa shape index (κ3) is 7.06. The van der Waals surface area contributed by atoms with E-state index in [1.54, 1.807) is 33.2 Å². The normalized spacial score (nSPS) is 19.9. The first-order chi connectivity index (χ1) is 16.9. The van der Waals surface area contributed by atoms with E-state index < -0.39 is 29.6 Å². The Morgan fingerprint density at radius 3 is 2.22 bits per heavy atom. The number of pyridine rings is 1. The van der Waals surface area contributed by atoms with Crippen molar-refractivity contribution in [2.45, 2.75) is 51.9 Å². The Bertz CT molecular complexity index is 919. The molecule has 2 aliphatic heterocycles. The predicted molar refractivity (Wildman–Crippen MR) is 126 cm³/mol. The second kappa shape index (κ2) is 11.4. The summed E-state index contributed by atoms with van der Waals surface area (Å²) in [5.41, 5.74) is 0.196. The maximum absolute atomic E-state index is 12.6. The highest BCUT2D eigenvalue weighted by atomic mass is 19.4. The monoisotopic (exact) mass is 514 g/mol. The second-order valence-electron chi connectivity index (χ2n) is 10.1. The lowest BCUT2D eigenvalue weighted by Crippen LogP contribution is -2.57. The van der Waals surface area contributed by atoms with Gasteiger partial charge in [0, 0.05) is 57.1 Å². The maximum Gasteiger partial charge on any atom is 0.495 e. The molecule has 2 N–H and O–H groups in total. The largest absolute Gasteiger partial charge is 0.495 e. The van der Waals surface area contributed by atoms with Crippen LogP contribution in [-0.2, 0) is 19.4 Å². The zero-order valence-corrected chi connectivity index (χ0v) is 20.7. The van der Waals surface area contributed by atoms with E-state index in [0.717, 1.165) is 50.4 Å². The van der Waals surface area contributed by atoms with Crippen LogP contribution in [0.15, 0.2) is 23.4 Å². The molecule has 1 atom stereocenters. The molecule has 0 saturated carbocycles. The molecule has 0 bridgehead atoms. The Balaban J connectivity index is 1.51. The Kier molecular flexibility index (Phi) is 8.77. The van der Waals surface area contributed by atoms with Crippen LogP contribution in [0, 0.1) is 5.41 Å². The molecular weight excluding hydrogens is 481 g/mol. The summed E-state index contributed by atoms with van der Waals surface area (Å²) in [6.07, 6.45) is -0.367. The lowest BCUT2D eigenvalue weighted by Gasteiger charge is -2.45. The van der Waals surface area contributed by atoms with Gasteiger partial charge in [0.15, 0.2) is 0 Å². The molecule has 2 fully saturated rings. The smallest absolute Gasteiger partial charge is 0.354 e. The molecule has 0 spiro atoms. The van der Waals surface area contributed by atoms with Gasteiger partial charge in [-0.2, -0.15) is 18.3 Å². The summed E-state index contributed by atoms with van der Waals surface area (Å²) in [7, 11) is 0. The van der Waals surface area contributed by atoms with Crippen LogP contribution in [0.1, 0.15) is 39.2 Å². The maximum atomic E-state index is 12.6. The van der Waals surface area contributed by atoms with Crippen molar-refractivity contribution >= 4 is 24.0 Å². The van der Waals surface area contributed by atoms with Crippen molar-refractivity contribution in [1.82, 2.24) is 14.8 Å². The van der Waals surface area contributed by atoms with Crippen molar-refractivity contribution in [3.63, 3.8) is 0 Å². The quantitative estimate of drug-likeness (QED) is 0.273. The van der Waals surface area contributed by atoms with Crippen molar-refractivity contribution < 1.29 is 32.5 Å². The fourth-order valence-electron chi connectivity index (χ4n) is 4.79. The Morgan fingerprint density at radius 2 is 1.72 bits per heavy atom. The predicted octanol–water partition coefficient (Wildman–Crippen LogP) is 1.94. The van der Waals surface area contributed by atoms with E-state index in [-0.39, 0.29) is 0 Å². The van der Waals surface area contributed by atoms with Crippen LogP contribution in [0.2, 0.25) is 0 Å². The molecule has 0 aromatic carbocycles. The molecule has 10 nitrogen and oxygen atoms in total. The Labute approximate surface area is 208 Å². The highest BCUT2D eigenvalue weighted by Crippen LogP contribution is 2.30. The van der Waals surface area contributed by atoms with E-state index in [1.807, 2.05) is 17.0 Å². The third-order valence-electron chi connectivity index (χ3n) is 6.49. The first-order valence-electron chi connectivity index (χ1n) is 11.8. The summed E-state index contributed by atoms with van der Waals surface area (Å²) in [5.74, 6) is 2.50. The van der Waals surface area contributed by atoms with Crippen LogP contribution in [0.4, 0.5) is 19.0 Å². The number of nitrogens with two attached hydrogens (primary N) is 1. The number of carbonyl (C=O) groups is 2. The summed E-state index contributed by atoms with van der Waals surface area (Å²) < 4.78 is 37.1. The molecule has 0 radical (unpaired) electrons. The molecule has 1 unspecified atom stereocenters. The minimum absolute atomic E-state index is 0.333. The number of hydrazone groups is 1. The van der Waals surface area contributed by atoms with E-state index in [0.29, 0.717) is 19.1 Å². The summed E-state index contributed by atoms with van der Waals surface area (Å²) >= 11 is 0. The Morgan fingerprint density at radius 1 is 1.08 bits per heavy atom. The minimum Gasteiger partial charge on any atom is -0.354 e. The van der Waals surface area contributed by atoms with Gasteiger partial charge in [-0.3, -0.25) is 9.80 Å². The number of alkyl halides is 3. The zero-order valence-electron chi connectivity index (χ0n) is 20.7. The van der Waals surface area contributed by atoms with Crippen LogP contribution in [-0.4, -0.2) is 90.5 Å². The first-order valence-corrected chi connectivity index (χ1v) is 11.8. The van der Waals surface area contributed by atoms with Crippen LogP contribution < -0.4 is 10.7 Å². The summed E-state index contributed by atoms with van der Waals surface area (Å²) in [6.45, 7) is 9.92. The topological polar surface area (TPSA) is 114 Å². The lowest BCUT2D eigenvalue weighted by molar-refractivity contribution is -0.289. The Hall–Kier alpha value is -2.93. The molecular formula is C23H33F3N6O4. The molecule has 1 aromatic rings. The molecule has 36 heavy (non-hydrogen) atoms. The fraction of sp³-hybridized carbons (Fsp3) is 0.652. The number of likely N-dealkylation sites (tertiary alicyclic amines) is 1. The van der Waals surface area contributed by atoms with Crippen LogP contribution >= 0.6 is 0 Å². The number of nitrogens with zero attached hydrogens (tertiary/aromatic N) is 5. The van der Waals surface area contributed by atoms with E-state index in [9.17, 15) is 22.8 Å². The van der Waals surface area contributed by atoms with Crippen molar-refractivity contribution in [2.24, 2.45) is 16.4 Å². The highest BCUT2D eigenvalue weighted by molar-refractivity contribution is 5.80. The van der Waals surface area contributed by atoms with Gasteiger partial charge in [-0.25, -0.2) is 24.3 Å². The zero-order chi connectivity index (χ0) is 26.5. The van der Waals surface area contributed by atoms with Gasteiger partial charge >= 0.3 is 18.1 Å². The average molecular weight is 515 g/mol. The van der Waals surface area contributed by atoms with Gasteiger partial charge in [0.05, 0.1) is 6.21 Å². The summed E-state index contributed by atoms with van der Waals surface area (Å²) in [6, 6.07) is 3.35. The molecule has 3 rings (SSSR count). The van der Waals surface area contributed by atoms with E-state index in [4.69, 9.17) is 5.84 Å². The number of halogens is 3. The number of rotatable bonds is 5. The van der Waals surface area contributed by atoms with Crippen LogP contribution in [0.25, 0.3) is 0 Å². The third-order valence-corrected chi connectivity index (χ3v) is 6.49. The number of carbonyl (C=O) groups excluding carboxylic acids is 2. The van der Waals surface area contributed by atoms with Gasteiger partial charge in [0.2, 0.25) is 0 Å². The number of hydrogen-bond donors (Lipinski definition) is 1. The SMILES string of the molecule is CC(C)(C)C(C(=O)OOC(=O)C(F)(F)F)N1CCC(N2CCN(c3ccc(/C=N/N)cn3)CC2)CC1. The molecule has 200 valence electrons. The van der Waals surface area contributed by atoms with Crippen LogP contribution in [0.5, 0.6) is 0 Å². The number of piperazine rings is 1. The van der Waals surface area contributed by atoms with E-state index in [1.165, 1.54) is 0 Å². The van der Waals surface area contributed by atoms with Gasteiger partial charge in [0.25, 0.3) is 0 Å². The highest BCUT2D eigenvalue weighted by Gasteiger charge is 2.45. The standard InChI is InChI=1S/C23H33F3N6O4/c1-22(2,3)19(20(33)35-36-21(34)23(24,25)26)32-8-6-17(7-9-32)30-10-12-31(13-11-30)18-5-4-16(14-28-18)15-29-27/h4-5,14-15,17,19H,6-13,27H2,1-3H3/b29-15+. The van der Waals surface area contributed by atoms with Crippen molar-refractivity contribution in [3.8, 4) is 0 Å². The van der Waals surface area contributed by atoms with E-state index >= 15 is 0 Å². The molecule has 0 aliphatic carbocycles. The van der Waals surface area contributed by atoms with Crippen molar-refractivity contribution in [2.75, 3.05) is 44.2 Å². The molecule has 3 heterocycles. The van der Waals surface area contributed by atoms with E-state index in [2.05, 4.69) is 29.7 Å². The van der Waals surface area contributed by atoms with Crippen LogP contribution in [0.3, 0.4) is 0 Å². The average Bonchev–Trinajstić information content (AvgIpc) is 2.82. The molecule has 1 aromatic heterocycles. The lowest BCUT2D eigenvalue weighted by atomic mass is 9.84. The van der Waals surface area contributed by atoms with Gasteiger partial charge in [-0.05, 0) is 30.4 Å². The van der Waals surface area contributed by atoms with Gasteiger partial charge in [-0.15, -0.1) is 0 Å². The number of piperidine rings is 1. The van der Waals surface area contributed by atoms with Gasteiger partial charge in [-0.1, -0.05) is 20.8 Å². The molecule has 2 saturated heterocycles. The number of anilines is 1. The van der Waals surface area contributed by atoms with Crippen molar-refractivity contribution in [3.05, 3.63) is 23.9 Å². The van der Waals surface area contributed by atoms with Crippen molar-refractivity contribution in [1.29, 1.82) is 0 Å². The summed E-state index contributed by atoms with van der Waals surface area (Å²) in [5, 5.41) is 3.50. The fourth-order valence-corrected chi connectivity index (χ4v) is 4.79. The minimum atomic E-state index is -5.24.